The van der Waals surface area contributed by atoms with E-state index >= 15 is 0 Å². The van der Waals surface area contributed by atoms with Gasteiger partial charge in [-0.15, -0.1) is 5.10 Å². The third kappa shape index (κ3) is 3.75. The van der Waals surface area contributed by atoms with Gasteiger partial charge in [0.25, 0.3) is 0 Å². The number of thiazole rings is 1. The predicted molar refractivity (Wildman–Crippen MR) is 121 cm³/mol. The van der Waals surface area contributed by atoms with Crippen LogP contribution in [0, 0.1) is 12.7 Å². The van der Waals surface area contributed by atoms with Gasteiger partial charge < -0.3 is 10.0 Å². The molecule has 0 amide bonds. The number of nitrogens with zero attached hydrogens (tertiary/aromatic N) is 5. The molecule has 4 aromatic rings. The highest BCUT2D eigenvalue weighted by Gasteiger charge is 2.32. The normalized spacial score (nSPS) is 16.2. The maximum atomic E-state index is 14.2. The van der Waals surface area contributed by atoms with Gasteiger partial charge in [-0.25, -0.2) is 9.37 Å². The molecule has 1 saturated heterocycles. The Labute approximate surface area is 188 Å². The van der Waals surface area contributed by atoms with Crippen molar-refractivity contribution in [2.24, 2.45) is 0 Å². The number of halogens is 2. The Bertz CT molecular complexity index is 1220. The van der Waals surface area contributed by atoms with Crippen molar-refractivity contribution in [2.45, 2.75) is 13.0 Å². The molecular weight excluding hydrogens is 437 g/mol. The minimum Gasteiger partial charge on any atom is -0.492 e. The molecule has 9 heteroatoms. The summed E-state index contributed by atoms with van der Waals surface area (Å²) in [6.07, 6.45) is 0. The fourth-order valence-corrected chi connectivity index (χ4v) is 5.42. The molecule has 1 N–H and O–H groups in total. The number of para-hydroxylation sites is 1. The molecule has 2 aromatic carbocycles. The zero-order valence-corrected chi connectivity index (χ0v) is 18.4. The monoisotopic (exact) mass is 457 g/mol. The summed E-state index contributed by atoms with van der Waals surface area (Å²) in [5, 5.41) is 15.9. The van der Waals surface area contributed by atoms with Gasteiger partial charge >= 0.3 is 0 Å². The maximum Gasteiger partial charge on any atom is 0.230 e. The third-order valence-electron chi connectivity index (χ3n) is 5.61. The zero-order valence-electron chi connectivity index (χ0n) is 16.9. The third-order valence-corrected chi connectivity index (χ3v) is 6.94. The molecular formula is C22H21ClFN5OS. The van der Waals surface area contributed by atoms with Crippen LogP contribution in [0.5, 0.6) is 5.88 Å². The van der Waals surface area contributed by atoms with Crippen molar-refractivity contribution in [3.05, 3.63) is 75.6 Å². The van der Waals surface area contributed by atoms with E-state index in [4.69, 9.17) is 11.6 Å². The van der Waals surface area contributed by atoms with Gasteiger partial charge in [-0.3, -0.25) is 4.90 Å². The number of fused-ring (bicyclic) bond motifs is 1. The Morgan fingerprint density at radius 3 is 2.45 bits per heavy atom. The van der Waals surface area contributed by atoms with E-state index in [0.29, 0.717) is 47.7 Å². The van der Waals surface area contributed by atoms with Crippen molar-refractivity contribution < 1.29 is 9.50 Å². The van der Waals surface area contributed by atoms with Crippen LogP contribution < -0.4 is 4.90 Å². The summed E-state index contributed by atoms with van der Waals surface area (Å²) in [5.41, 5.74) is 1.66. The van der Waals surface area contributed by atoms with Gasteiger partial charge in [0.05, 0.1) is 16.6 Å². The summed E-state index contributed by atoms with van der Waals surface area (Å²) in [4.78, 5) is 10.2. The lowest BCUT2D eigenvalue weighted by atomic mass is 10.0. The maximum absolute atomic E-state index is 14.2. The van der Waals surface area contributed by atoms with Crippen molar-refractivity contribution in [3.8, 4) is 5.88 Å². The van der Waals surface area contributed by atoms with Gasteiger partial charge in [0.1, 0.15) is 11.6 Å². The number of piperazine rings is 1. The summed E-state index contributed by atoms with van der Waals surface area (Å²) in [7, 11) is 0. The van der Waals surface area contributed by atoms with Crippen LogP contribution in [0.1, 0.15) is 22.3 Å². The predicted octanol–water partition coefficient (Wildman–Crippen LogP) is 4.51. The SMILES string of the molecule is Cc1nc2sc([C@@H](c3ccc(Cl)cc3)N3CCN(c4ccccc4F)CC3)c(O)n2n1. The van der Waals surface area contributed by atoms with Crippen molar-refractivity contribution >= 4 is 33.6 Å². The second kappa shape index (κ2) is 8.11. The Hall–Kier alpha value is -2.68. The highest BCUT2D eigenvalue weighted by molar-refractivity contribution is 7.17. The van der Waals surface area contributed by atoms with E-state index in [0.717, 1.165) is 10.4 Å². The average molecular weight is 458 g/mol. The Balaban J connectivity index is 1.48. The molecule has 2 aromatic heterocycles. The van der Waals surface area contributed by atoms with Crippen LogP contribution in [0.15, 0.2) is 48.5 Å². The minimum atomic E-state index is -0.205. The van der Waals surface area contributed by atoms with Gasteiger partial charge in [0, 0.05) is 31.2 Å². The number of rotatable bonds is 4. The molecule has 31 heavy (non-hydrogen) atoms. The highest BCUT2D eigenvalue weighted by Crippen LogP contribution is 2.40. The van der Waals surface area contributed by atoms with Crippen LogP contribution in [-0.4, -0.2) is 50.8 Å². The molecule has 0 spiro atoms. The number of aromatic hydroxyl groups is 1. The largest absolute Gasteiger partial charge is 0.492 e. The van der Waals surface area contributed by atoms with Gasteiger partial charge in [-0.2, -0.15) is 4.52 Å². The number of aromatic nitrogens is 3. The number of hydrogen-bond acceptors (Lipinski definition) is 6. The molecule has 0 bridgehead atoms. The van der Waals surface area contributed by atoms with Crippen LogP contribution in [0.25, 0.3) is 4.96 Å². The molecule has 0 aliphatic carbocycles. The van der Waals surface area contributed by atoms with Crippen LogP contribution in [0.3, 0.4) is 0 Å². The lowest BCUT2D eigenvalue weighted by Gasteiger charge is -2.40. The van der Waals surface area contributed by atoms with Gasteiger partial charge in [-0.05, 0) is 36.8 Å². The van der Waals surface area contributed by atoms with E-state index in [1.165, 1.54) is 21.9 Å². The topological polar surface area (TPSA) is 56.9 Å². The van der Waals surface area contributed by atoms with Crippen LogP contribution in [0.2, 0.25) is 5.02 Å². The Morgan fingerprint density at radius 2 is 1.77 bits per heavy atom. The standard InChI is InChI=1S/C22H21ClFN5OS/c1-14-25-22-29(26-14)21(30)20(31-22)19(15-6-8-16(23)9-7-15)28-12-10-27(11-13-28)18-5-3-2-4-17(18)24/h2-9,19,30H,10-13H2,1H3/t19-/m1/s1. The van der Waals surface area contributed by atoms with E-state index in [1.807, 2.05) is 36.4 Å². The molecule has 3 heterocycles. The number of benzene rings is 2. The molecule has 5 rings (SSSR count). The van der Waals surface area contributed by atoms with Gasteiger partial charge in [0.15, 0.2) is 0 Å². The van der Waals surface area contributed by atoms with Crippen molar-refractivity contribution in [2.75, 3.05) is 31.1 Å². The molecule has 0 unspecified atom stereocenters. The summed E-state index contributed by atoms with van der Waals surface area (Å²) in [6.45, 7) is 4.61. The first-order valence-corrected chi connectivity index (χ1v) is 11.2. The zero-order chi connectivity index (χ0) is 21.5. The summed E-state index contributed by atoms with van der Waals surface area (Å²) >= 11 is 7.55. The summed E-state index contributed by atoms with van der Waals surface area (Å²) in [5.74, 6) is 0.524. The average Bonchev–Trinajstić information content (AvgIpc) is 3.28. The smallest absolute Gasteiger partial charge is 0.230 e. The summed E-state index contributed by atoms with van der Waals surface area (Å²) < 4.78 is 15.7. The van der Waals surface area contributed by atoms with E-state index in [1.54, 1.807) is 13.0 Å². The molecule has 0 saturated carbocycles. The lowest BCUT2D eigenvalue weighted by Crippen LogP contribution is -2.48. The van der Waals surface area contributed by atoms with Gasteiger partial charge in [0.2, 0.25) is 10.8 Å². The molecule has 1 aliphatic rings. The van der Waals surface area contributed by atoms with Crippen molar-refractivity contribution in [1.82, 2.24) is 19.5 Å². The number of aryl methyl sites for hydroxylation is 1. The first-order chi connectivity index (χ1) is 15.0. The highest BCUT2D eigenvalue weighted by atomic mass is 35.5. The van der Waals surface area contributed by atoms with Gasteiger partial charge in [-0.1, -0.05) is 47.2 Å². The Morgan fingerprint density at radius 1 is 1.06 bits per heavy atom. The fraction of sp³-hybridized carbons (Fsp3) is 0.273. The van der Waals surface area contributed by atoms with Crippen LogP contribution >= 0.6 is 22.9 Å². The molecule has 6 nitrogen and oxygen atoms in total. The summed E-state index contributed by atoms with van der Waals surface area (Å²) in [6, 6.07) is 14.4. The molecule has 0 radical (unpaired) electrons. The Kier molecular flexibility index (Phi) is 5.29. The van der Waals surface area contributed by atoms with E-state index in [2.05, 4.69) is 19.9 Å². The molecule has 160 valence electrons. The quantitative estimate of drug-likeness (QED) is 0.488. The first-order valence-electron chi connectivity index (χ1n) is 10.1. The van der Waals surface area contributed by atoms with Crippen LogP contribution in [0.4, 0.5) is 10.1 Å². The van der Waals surface area contributed by atoms with E-state index in [-0.39, 0.29) is 17.7 Å². The number of anilines is 1. The molecule has 1 aliphatic heterocycles. The first kappa shape index (κ1) is 20.2. The molecule has 1 atom stereocenters. The number of hydrogen-bond donors (Lipinski definition) is 1. The minimum absolute atomic E-state index is 0.108. The van der Waals surface area contributed by atoms with Crippen LogP contribution in [-0.2, 0) is 0 Å². The van der Waals surface area contributed by atoms with Crippen molar-refractivity contribution in [1.29, 1.82) is 0 Å². The lowest BCUT2D eigenvalue weighted by molar-refractivity contribution is 0.210. The van der Waals surface area contributed by atoms with E-state index < -0.39 is 0 Å². The molecule has 1 fully saturated rings. The fourth-order valence-electron chi connectivity index (χ4n) is 4.13. The van der Waals surface area contributed by atoms with E-state index in [9.17, 15) is 9.50 Å². The second-order valence-corrected chi connectivity index (χ2v) is 9.02. The second-order valence-electron chi connectivity index (χ2n) is 7.57. The van der Waals surface area contributed by atoms with Crippen molar-refractivity contribution in [3.63, 3.8) is 0 Å².